The largest absolute Gasteiger partial charge is 0.238 e. The standard InChI is InChI=1S/C9H12INO2S/c1-9(2,10)7-3-5-8(6-4-7)14(11,12)13/h3-6H,1-2H3,(H2,11,12,13). The van der Waals surface area contributed by atoms with Crippen molar-refractivity contribution in [1.82, 2.24) is 0 Å². The van der Waals surface area contributed by atoms with E-state index in [-0.39, 0.29) is 8.32 Å². The third kappa shape index (κ3) is 2.93. The molecule has 14 heavy (non-hydrogen) atoms. The van der Waals surface area contributed by atoms with Gasteiger partial charge in [0.15, 0.2) is 0 Å². The van der Waals surface area contributed by atoms with Gasteiger partial charge in [-0.25, -0.2) is 13.6 Å². The summed E-state index contributed by atoms with van der Waals surface area (Å²) in [5, 5.41) is 4.99. The molecule has 1 aromatic carbocycles. The first-order valence-electron chi connectivity index (χ1n) is 4.03. The van der Waals surface area contributed by atoms with E-state index >= 15 is 0 Å². The van der Waals surface area contributed by atoms with Gasteiger partial charge in [0.25, 0.3) is 0 Å². The van der Waals surface area contributed by atoms with E-state index in [0.717, 1.165) is 5.56 Å². The van der Waals surface area contributed by atoms with Gasteiger partial charge in [0.1, 0.15) is 0 Å². The number of nitrogens with two attached hydrogens (primary N) is 1. The third-order valence-corrected chi connectivity index (χ3v) is 3.42. The zero-order valence-corrected chi connectivity index (χ0v) is 11.0. The summed E-state index contributed by atoms with van der Waals surface area (Å²) in [7, 11) is -3.57. The van der Waals surface area contributed by atoms with Crippen molar-refractivity contribution in [3.8, 4) is 0 Å². The van der Waals surface area contributed by atoms with Crippen LogP contribution in [-0.2, 0) is 13.4 Å². The molecular weight excluding hydrogens is 313 g/mol. The second kappa shape index (κ2) is 3.79. The molecule has 0 saturated heterocycles. The highest BCUT2D eigenvalue weighted by Gasteiger charge is 2.16. The van der Waals surface area contributed by atoms with Crippen molar-refractivity contribution in [3.63, 3.8) is 0 Å². The number of hydrogen-bond acceptors (Lipinski definition) is 2. The Morgan fingerprint density at radius 1 is 1.21 bits per heavy atom. The molecule has 0 aliphatic heterocycles. The van der Waals surface area contributed by atoms with Crippen LogP contribution < -0.4 is 5.14 Å². The van der Waals surface area contributed by atoms with E-state index in [1.54, 1.807) is 12.1 Å². The molecule has 0 aliphatic rings. The molecule has 2 N–H and O–H groups in total. The van der Waals surface area contributed by atoms with E-state index in [1.165, 1.54) is 12.1 Å². The molecule has 3 nitrogen and oxygen atoms in total. The van der Waals surface area contributed by atoms with Crippen LogP contribution in [0.2, 0.25) is 0 Å². The van der Waals surface area contributed by atoms with Crippen LogP contribution in [0.15, 0.2) is 29.2 Å². The van der Waals surface area contributed by atoms with Crippen LogP contribution in [0.4, 0.5) is 0 Å². The van der Waals surface area contributed by atoms with Gasteiger partial charge in [-0.3, -0.25) is 0 Å². The normalized spacial score (nSPS) is 12.9. The molecule has 78 valence electrons. The summed E-state index contributed by atoms with van der Waals surface area (Å²) in [6.07, 6.45) is 0. The lowest BCUT2D eigenvalue weighted by Gasteiger charge is -2.16. The highest BCUT2D eigenvalue weighted by Crippen LogP contribution is 2.30. The Bertz CT molecular complexity index is 417. The molecule has 0 aliphatic carbocycles. The lowest BCUT2D eigenvalue weighted by atomic mass is 10.0. The van der Waals surface area contributed by atoms with E-state index in [0.29, 0.717) is 0 Å². The maximum Gasteiger partial charge on any atom is 0.238 e. The minimum atomic E-state index is -3.57. The van der Waals surface area contributed by atoms with Crippen molar-refractivity contribution in [2.45, 2.75) is 22.2 Å². The van der Waals surface area contributed by atoms with Crippen molar-refractivity contribution in [3.05, 3.63) is 29.8 Å². The predicted molar refractivity (Wildman–Crippen MR) is 64.9 cm³/mol. The van der Waals surface area contributed by atoms with Crippen LogP contribution in [0.1, 0.15) is 19.4 Å². The Morgan fingerprint density at radius 2 is 1.64 bits per heavy atom. The maximum atomic E-state index is 11.0. The Hall–Kier alpha value is -0.140. The van der Waals surface area contributed by atoms with Crippen LogP contribution in [-0.4, -0.2) is 8.42 Å². The van der Waals surface area contributed by atoms with Crippen LogP contribution in [0.5, 0.6) is 0 Å². The van der Waals surface area contributed by atoms with E-state index < -0.39 is 10.0 Å². The SMILES string of the molecule is CC(C)(I)c1ccc(S(N)(=O)=O)cc1. The van der Waals surface area contributed by atoms with Crippen molar-refractivity contribution >= 4 is 32.6 Å². The van der Waals surface area contributed by atoms with E-state index in [2.05, 4.69) is 36.4 Å². The highest BCUT2D eigenvalue weighted by molar-refractivity contribution is 14.1. The Morgan fingerprint density at radius 3 is 1.93 bits per heavy atom. The van der Waals surface area contributed by atoms with Crippen molar-refractivity contribution in [1.29, 1.82) is 0 Å². The van der Waals surface area contributed by atoms with E-state index in [1.807, 2.05) is 0 Å². The van der Waals surface area contributed by atoms with Gasteiger partial charge in [0.2, 0.25) is 10.0 Å². The molecule has 0 bridgehead atoms. The van der Waals surface area contributed by atoms with E-state index in [4.69, 9.17) is 5.14 Å². The summed E-state index contributed by atoms with van der Waals surface area (Å²) in [5.74, 6) is 0. The fraction of sp³-hybridized carbons (Fsp3) is 0.333. The molecule has 0 atom stereocenters. The molecule has 0 fully saturated rings. The van der Waals surface area contributed by atoms with Gasteiger partial charge in [-0.2, -0.15) is 0 Å². The number of alkyl halides is 1. The highest BCUT2D eigenvalue weighted by atomic mass is 127. The van der Waals surface area contributed by atoms with Crippen LogP contribution in [0, 0.1) is 0 Å². The minimum Gasteiger partial charge on any atom is -0.225 e. The van der Waals surface area contributed by atoms with E-state index in [9.17, 15) is 8.42 Å². The van der Waals surface area contributed by atoms with Gasteiger partial charge < -0.3 is 0 Å². The smallest absolute Gasteiger partial charge is 0.225 e. The van der Waals surface area contributed by atoms with Crippen molar-refractivity contribution in [2.75, 3.05) is 0 Å². The number of hydrogen-bond donors (Lipinski definition) is 1. The third-order valence-electron chi connectivity index (χ3n) is 1.87. The van der Waals surface area contributed by atoms with Gasteiger partial charge in [-0.1, -0.05) is 34.7 Å². The summed E-state index contributed by atoms with van der Waals surface area (Å²) in [6.45, 7) is 4.11. The molecule has 0 heterocycles. The topological polar surface area (TPSA) is 60.2 Å². The first-order valence-corrected chi connectivity index (χ1v) is 6.66. The zero-order chi connectivity index (χ0) is 11.0. The quantitative estimate of drug-likeness (QED) is 0.668. The predicted octanol–water partition coefficient (Wildman–Crippen LogP) is 2.00. The van der Waals surface area contributed by atoms with Crippen LogP contribution in [0.3, 0.4) is 0 Å². The lowest BCUT2D eigenvalue weighted by molar-refractivity contribution is 0.597. The Labute approximate surface area is 97.9 Å². The summed E-state index contributed by atoms with van der Waals surface area (Å²) < 4.78 is 21.9. The summed E-state index contributed by atoms with van der Waals surface area (Å²) >= 11 is 2.29. The Balaban J connectivity index is 3.14. The number of halogens is 1. The summed E-state index contributed by atoms with van der Waals surface area (Å²) in [5.41, 5.74) is 1.07. The molecule has 0 amide bonds. The average Bonchev–Trinajstić information content (AvgIpc) is 2.01. The van der Waals surface area contributed by atoms with Crippen LogP contribution >= 0.6 is 22.6 Å². The number of primary sulfonamides is 1. The van der Waals surface area contributed by atoms with Crippen molar-refractivity contribution < 1.29 is 8.42 Å². The first-order chi connectivity index (χ1) is 6.21. The van der Waals surface area contributed by atoms with Gasteiger partial charge >= 0.3 is 0 Å². The fourth-order valence-electron chi connectivity index (χ4n) is 1.04. The second-order valence-electron chi connectivity index (χ2n) is 3.54. The summed E-state index contributed by atoms with van der Waals surface area (Å²) in [6, 6.07) is 6.63. The molecule has 0 aromatic heterocycles. The van der Waals surface area contributed by atoms with Gasteiger partial charge in [-0.15, -0.1) is 0 Å². The molecule has 0 radical (unpaired) electrons. The molecule has 0 unspecified atom stereocenters. The minimum absolute atomic E-state index is 0.00531. The average molecular weight is 325 g/mol. The zero-order valence-electron chi connectivity index (χ0n) is 7.99. The van der Waals surface area contributed by atoms with Crippen LogP contribution in [0.25, 0.3) is 0 Å². The molecule has 0 saturated carbocycles. The second-order valence-corrected chi connectivity index (χ2v) is 7.80. The first kappa shape index (κ1) is 11.9. The monoisotopic (exact) mass is 325 g/mol. The number of sulfonamides is 1. The molecule has 0 spiro atoms. The number of benzene rings is 1. The molecule has 1 rings (SSSR count). The van der Waals surface area contributed by atoms with Gasteiger partial charge in [0.05, 0.1) is 4.90 Å². The molecular formula is C9H12INO2S. The molecule has 1 aromatic rings. The molecule has 5 heteroatoms. The van der Waals surface area contributed by atoms with Gasteiger partial charge in [0, 0.05) is 3.42 Å². The summed E-state index contributed by atoms with van der Waals surface area (Å²) in [4.78, 5) is 0.155. The Kier molecular flexibility index (Phi) is 3.23. The lowest BCUT2D eigenvalue weighted by Crippen LogP contribution is -2.13. The van der Waals surface area contributed by atoms with Gasteiger partial charge in [-0.05, 0) is 31.5 Å². The maximum absolute atomic E-state index is 11.0. The fourth-order valence-corrected chi connectivity index (χ4v) is 1.92. The number of rotatable bonds is 2. The van der Waals surface area contributed by atoms with Crippen molar-refractivity contribution in [2.24, 2.45) is 5.14 Å².